The van der Waals surface area contributed by atoms with E-state index in [1.165, 1.54) is 25.7 Å². The summed E-state index contributed by atoms with van der Waals surface area (Å²) in [5, 5.41) is 7.99. The lowest BCUT2D eigenvalue weighted by molar-refractivity contribution is 0.252. The number of rotatable bonds is 4. The summed E-state index contributed by atoms with van der Waals surface area (Å²) in [7, 11) is 0. The largest absolute Gasteiger partial charge is 0.309 e. The predicted molar refractivity (Wildman–Crippen MR) is 66.2 cm³/mol. The maximum Gasteiger partial charge on any atom is 0.0560 e. The summed E-state index contributed by atoms with van der Waals surface area (Å²) in [4.78, 5) is 0. The first kappa shape index (κ1) is 11.6. The second-order valence-corrected chi connectivity index (χ2v) is 5.16. The number of hydrogen-bond donors (Lipinski definition) is 1. The fraction of sp³-hybridized carbons (Fsp3) is 0.769. The van der Waals surface area contributed by atoms with Gasteiger partial charge in [-0.15, -0.1) is 0 Å². The Labute approximate surface area is 98.2 Å². The predicted octanol–water partition coefficient (Wildman–Crippen LogP) is 2.44. The number of aromatic nitrogens is 2. The molecule has 3 heteroatoms. The van der Waals surface area contributed by atoms with E-state index in [0.29, 0.717) is 12.1 Å². The smallest absolute Gasteiger partial charge is 0.0560 e. The molecule has 0 saturated heterocycles. The van der Waals surface area contributed by atoms with E-state index in [1.54, 1.807) is 0 Å². The van der Waals surface area contributed by atoms with Gasteiger partial charge in [0.05, 0.1) is 6.54 Å². The lowest BCUT2D eigenvalue weighted by Crippen LogP contribution is -2.44. The van der Waals surface area contributed by atoms with Crippen LogP contribution < -0.4 is 5.32 Å². The van der Waals surface area contributed by atoms with Crippen LogP contribution >= 0.6 is 0 Å². The van der Waals surface area contributed by atoms with Crippen molar-refractivity contribution >= 4 is 0 Å². The Kier molecular flexibility index (Phi) is 3.99. The minimum atomic E-state index is 0.505. The van der Waals surface area contributed by atoms with Crippen LogP contribution in [0.5, 0.6) is 0 Å². The molecule has 2 rings (SSSR count). The van der Waals surface area contributed by atoms with Gasteiger partial charge in [0, 0.05) is 24.5 Å². The van der Waals surface area contributed by atoms with Gasteiger partial charge in [0.1, 0.15) is 0 Å². The Morgan fingerprint density at radius 1 is 1.44 bits per heavy atom. The van der Waals surface area contributed by atoms with Crippen LogP contribution in [0.3, 0.4) is 0 Å². The Morgan fingerprint density at radius 3 is 2.94 bits per heavy atom. The summed E-state index contributed by atoms with van der Waals surface area (Å²) >= 11 is 0. The minimum Gasteiger partial charge on any atom is -0.309 e. The molecule has 3 atom stereocenters. The lowest BCUT2D eigenvalue weighted by atomic mass is 9.85. The highest BCUT2D eigenvalue weighted by molar-refractivity contribution is 4.82. The van der Waals surface area contributed by atoms with Gasteiger partial charge in [-0.25, -0.2) is 0 Å². The van der Waals surface area contributed by atoms with Crippen molar-refractivity contribution in [1.82, 2.24) is 15.1 Å². The van der Waals surface area contributed by atoms with E-state index < -0.39 is 0 Å². The van der Waals surface area contributed by atoms with Crippen molar-refractivity contribution in [3.8, 4) is 0 Å². The van der Waals surface area contributed by atoms with Crippen LogP contribution in [-0.4, -0.2) is 21.9 Å². The number of hydrogen-bond acceptors (Lipinski definition) is 2. The standard InChI is InChI=1S/C13H23N3/c1-11-6-3-4-7-13(11)15-12(2)10-16-9-5-8-14-16/h5,8-9,11-13,15H,3-4,6-7,10H2,1-2H3. The van der Waals surface area contributed by atoms with Crippen LogP contribution in [0, 0.1) is 5.92 Å². The number of nitrogens with one attached hydrogen (secondary N) is 1. The van der Waals surface area contributed by atoms with Gasteiger partial charge in [-0.1, -0.05) is 19.8 Å². The first-order valence-electron chi connectivity index (χ1n) is 6.49. The molecule has 3 nitrogen and oxygen atoms in total. The summed E-state index contributed by atoms with van der Waals surface area (Å²) in [5.41, 5.74) is 0. The van der Waals surface area contributed by atoms with Crippen molar-refractivity contribution in [3.63, 3.8) is 0 Å². The van der Waals surface area contributed by atoms with Crippen LogP contribution in [0.15, 0.2) is 18.5 Å². The van der Waals surface area contributed by atoms with Crippen LogP contribution in [0.1, 0.15) is 39.5 Å². The van der Waals surface area contributed by atoms with E-state index in [-0.39, 0.29) is 0 Å². The van der Waals surface area contributed by atoms with Crippen molar-refractivity contribution < 1.29 is 0 Å². The zero-order valence-electron chi connectivity index (χ0n) is 10.4. The van der Waals surface area contributed by atoms with Gasteiger partial charge < -0.3 is 5.32 Å². The van der Waals surface area contributed by atoms with E-state index in [0.717, 1.165) is 12.5 Å². The van der Waals surface area contributed by atoms with E-state index in [9.17, 15) is 0 Å². The average molecular weight is 221 g/mol. The van der Waals surface area contributed by atoms with Crippen molar-refractivity contribution in [3.05, 3.63) is 18.5 Å². The fourth-order valence-electron chi connectivity index (χ4n) is 2.67. The van der Waals surface area contributed by atoms with Gasteiger partial charge >= 0.3 is 0 Å². The molecular formula is C13H23N3. The second-order valence-electron chi connectivity index (χ2n) is 5.16. The molecule has 1 aliphatic carbocycles. The average Bonchev–Trinajstić information content (AvgIpc) is 2.74. The normalized spacial score (nSPS) is 27.9. The maximum absolute atomic E-state index is 4.24. The molecule has 0 bridgehead atoms. The second kappa shape index (κ2) is 5.48. The summed E-state index contributed by atoms with van der Waals surface area (Å²) in [5.74, 6) is 0.828. The molecule has 1 saturated carbocycles. The van der Waals surface area contributed by atoms with Crippen LogP contribution in [0.25, 0.3) is 0 Å². The third-order valence-corrected chi connectivity index (χ3v) is 3.63. The van der Waals surface area contributed by atoms with Gasteiger partial charge in [-0.05, 0) is 31.7 Å². The first-order chi connectivity index (χ1) is 7.75. The van der Waals surface area contributed by atoms with E-state index in [4.69, 9.17) is 0 Å². The van der Waals surface area contributed by atoms with E-state index in [1.807, 2.05) is 23.1 Å². The highest BCUT2D eigenvalue weighted by atomic mass is 15.3. The SMILES string of the molecule is CC(Cn1cccn1)NC1CCCCC1C. The van der Waals surface area contributed by atoms with E-state index >= 15 is 0 Å². The summed E-state index contributed by atoms with van der Waals surface area (Å²) < 4.78 is 2.01. The monoisotopic (exact) mass is 221 g/mol. The zero-order chi connectivity index (χ0) is 11.4. The van der Waals surface area contributed by atoms with E-state index in [2.05, 4.69) is 24.3 Å². The molecular weight excluding hydrogens is 198 g/mol. The molecule has 90 valence electrons. The van der Waals surface area contributed by atoms with Crippen molar-refractivity contribution in [1.29, 1.82) is 0 Å². The molecule has 1 N–H and O–H groups in total. The number of nitrogens with zero attached hydrogens (tertiary/aromatic N) is 2. The molecule has 1 aromatic heterocycles. The molecule has 16 heavy (non-hydrogen) atoms. The molecule has 0 aromatic carbocycles. The molecule has 1 aliphatic rings. The van der Waals surface area contributed by atoms with Crippen LogP contribution in [-0.2, 0) is 6.54 Å². The molecule has 0 amide bonds. The Hall–Kier alpha value is -0.830. The molecule has 0 spiro atoms. The van der Waals surface area contributed by atoms with Crippen LogP contribution in [0.4, 0.5) is 0 Å². The van der Waals surface area contributed by atoms with Gasteiger partial charge in [-0.2, -0.15) is 5.10 Å². The Morgan fingerprint density at radius 2 is 2.25 bits per heavy atom. The lowest BCUT2D eigenvalue weighted by Gasteiger charge is -2.32. The molecule has 1 heterocycles. The first-order valence-corrected chi connectivity index (χ1v) is 6.49. The fourth-order valence-corrected chi connectivity index (χ4v) is 2.67. The van der Waals surface area contributed by atoms with Crippen molar-refractivity contribution in [2.24, 2.45) is 5.92 Å². The quantitative estimate of drug-likeness (QED) is 0.846. The summed E-state index contributed by atoms with van der Waals surface area (Å²) in [6, 6.07) is 3.19. The molecule has 1 aromatic rings. The third kappa shape index (κ3) is 3.08. The minimum absolute atomic E-state index is 0.505. The third-order valence-electron chi connectivity index (χ3n) is 3.63. The van der Waals surface area contributed by atoms with Crippen molar-refractivity contribution in [2.75, 3.05) is 0 Å². The van der Waals surface area contributed by atoms with Gasteiger partial charge in [0.15, 0.2) is 0 Å². The maximum atomic E-state index is 4.24. The highest BCUT2D eigenvalue weighted by Crippen LogP contribution is 2.24. The Bertz CT molecular complexity index is 294. The van der Waals surface area contributed by atoms with Crippen LogP contribution in [0.2, 0.25) is 0 Å². The van der Waals surface area contributed by atoms with Gasteiger partial charge in [0.25, 0.3) is 0 Å². The molecule has 0 aliphatic heterocycles. The molecule has 0 radical (unpaired) electrons. The van der Waals surface area contributed by atoms with Gasteiger partial charge in [-0.3, -0.25) is 4.68 Å². The molecule has 3 unspecified atom stereocenters. The zero-order valence-corrected chi connectivity index (χ0v) is 10.4. The van der Waals surface area contributed by atoms with Gasteiger partial charge in [0.2, 0.25) is 0 Å². The highest BCUT2D eigenvalue weighted by Gasteiger charge is 2.22. The molecule has 1 fully saturated rings. The summed E-state index contributed by atoms with van der Waals surface area (Å²) in [6.07, 6.45) is 9.39. The Balaban J connectivity index is 1.79. The summed E-state index contributed by atoms with van der Waals surface area (Å²) in [6.45, 7) is 5.59. The topological polar surface area (TPSA) is 29.9 Å². The van der Waals surface area contributed by atoms with Crippen molar-refractivity contribution in [2.45, 2.75) is 58.2 Å².